The zero-order valence-corrected chi connectivity index (χ0v) is 19.5. The van der Waals surface area contributed by atoms with Crippen molar-refractivity contribution >= 4 is 16.9 Å². The van der Waals surface area contributed by atoms with Crippen LogP contribution in [0.1, 0.15) is 70.6 Å². The van der Waals surface area contributed by atoms with Crippen LogP contribution in [0.3, 0.4) is 0 Å². The number of benzene rings is 1. The molecule has 6 heteroatoms. The smallest absolute Gasteiger partial charge is 0.339 e. The van der Waals surface area contributed by atoms with Gasteiger partial charge in [0, 0.05) is 22.7 Å². The molecule has 0 radical (unpaired) electrons. The van der Waals surface area contributed by atoms with E-state index >= 15 is 0 Å². The van der Waals surface area contributed by atoms with Crippen molar-refractivity contribution in [2.24, 2.45) is 0 Å². The number of hydrogen-bond donors (Lipinski definition) is 2. The van der Waals surface area contributed by atoms with Crippen LogP contribution in [-0.2, 0) is 17.6 Å². The van der Waals surface area contributed by atoms with Crippen LogP contribution < -0.4 is 21.0 Å². The Kier molecular flexibility index (Phi) is 5.41. The first-order chi connectivity index (χ1) is 14.4. The Morgan fingerprint density at radius 3 is 2.48 bits per heavy atom. The topological polar surface area (TPSA) is 80.6 Å². The minimum atomic E-state index is -0.657. The largest absolute Gasteiger partial charge is 0.480 e. The van der Waals surface area contributed by atoms with Gasteiger partial charge in [-0.05, 0) is 96.9 Å². The van der Waals surface area contributed by atoms with Crippen LogP contribution in [0, 0.1) is 6.92 Å². The molecule has 4 rings (SSSR count). The van der Waals surface area contributed by atoms with Crippen LogP contribution in [0.2, 0.25) is 0 Å². The summed E-state index contributed by atoms with van der Waals surface area (Å²) in [6.07, 6.45) is 3.57. The molecule has 1 amide bonds. The molecule has 2 aliphatic rings. The lowest BCUT2D eigenvalue weighted by molar-refractivity contribution is -0.128. The van der Waals surface area contributed by atoms with E-state index in [1.165, 1.54) is 0 Å². The molecule has 2 N–H and O–H groups in total. The predicted octanol–water partition coefficient (Wildman–Crippen LogP) is 3.78. The Morgan fingerprint density at radius 1 is 1.16 bits per heavy atom. The third-order valence-electron chi connectivity index (χ3n) is 6.39. The van der Waals surface area contributed by atoms with E-state index in [2.05, 4.69) is 38.3 Å². The summed E-state index contributed by atoms with van der Waals surface area (Å²) in [6, 6.07) is 3.88. The van der Waals surface area contributed by atoms with Gasteiger partial charge in [0.25, 0.3) is 5.91 Å². The van der Waals surface area contributed by atoms with Crippen molar-refractivity contribution in [3.05, 3.63) is 39.2 Å². The second-order valence-corrected chi connectivity index (χ2v) is 10.6. The first-order valence-corrected chi connectivity index (χ1v) is 11.3. The molecule has 6 nitrogen and oxygen atoms in total. The highest BCUT2D eigenvalue weighted by atomic mass is 16.5. The first kappa shape index (κ1) is 21.9. The summed E-state index contributed by atoms with van der Waals surface area (Å²) >= 11 is 0. The standard InChI is InChI=1S/C25H34N2O4/c1-14-10-19(21-17-8-7-9-18(17)23(29)31-20(21)11-14)30-15(2)22(28)26-16-12-24(3,4)27-25(5,6)13-16/h10-11,15-16,27H,7-9,12-13H2,1-6H3,(H,26,28)/t15-/m1/s1. The summed E-state index contributed by atoms with van der Waals surface area (Å²) in [4.78, 5) is 25.3. The van der Waals surface area contributed by atoms with Gasteiger partial charge < -0.3 is 19.8 Å². The second-order valence-electron chi connectivity index (χ2n) is 10.6. The number of piperidine rings is 1. The van der Waals surface area contributed by atoms with Gasteiger partial charge >= 0.3 is 5.63 Å². The van der Waals surface area contributed by atoms with E-state index in [0.717, 1.165) is 54.2 Å². The van der Waals surface area contributed by atoms with Gasteiger partial charge in [-0.15, -0.1) is 0 Å². The minimum Gasteiger partial charge on any atom is -0.480 e. The Labute approximate surface area is 183 Å². The maximum Gasteiger partial charge on any atom is 0.339 e. The number of carbonyl (C=O) groups excluding carboxylic acids is 1. The summed E-state index contributed by atoms with van der Waals surface area (Å²) in [5.41, 5.74) is 2.88. The number of ether oxygens (including phenoxy) is 1. The number of carbonyl (C=O) groups is 1. The molecule has 1 aromatic heterocycles. The Morgan fingerprint density at radius 2 is 1.81 bits per heavy atom. The van der Waals surface area contributed by atoms with Gasteiger partial charge in [-0.25, -0.2) is 4.79 Å². The summed E-state index contributed by atoms with van der Waals surface area (Å²) in [5.74, 6) is 0.493. The van der Waals surface area contributed by atoms with Crippen LogP contribution >= 0.6 is 0 Å². The molecule has 2 aromatic rings. The van der Waals surface area contributed by atoms with Gasteiger partial charge in [-0.3, -0.25) is 4.79 Å². The second kappa shape index (κ2) is 7.66. The van der Waals surface area contributed by atoms with E-state index in [0.29, 0.717) is 11.3 Å². The lowest BCUT2D eigenvalue weighted by atomic mass is 9.79. The molecular weight excluding hydrogens is 392 g/mol. The van der Waals surface area contributed by atoms with Gasteiger partial charge in [0.1, 0.15) is 11.3 Å². The fourth-order valence-corrected chi connectivity index (χ4v) is 5.59. The van der Waals surface area contributed by atoms with Crippen molar-refractivity contribution in [1.82, 2.24) is 10.6 Å². The molecule has 1 fully saturated rings. The van der Waals surface area contributed by atoms with E-state index in [-0.39, 0.29) is 28.7 Å². The van der Waals surface area contributed by atoms with Crippen LogP contribution in [0.4, 0.5) is 0 Å². The normalized spacial score (nSPS) is 21.0. The molecule has 1 aliphatic carbocycles. The maximum absolute atomic E-state index is 13.0. The highest BCUT2D eigenvalue weighted by molar-refractivity contribution is 5.89. The monoisotopic (exact) mass is 426 g/mol. The van der Waals surface area contributed by atoms with E-state index in [9.17, 15) is 9.59 Å². The maximum atomic E-state index is 13.0. The third-order valence-corrected chi connectivity index (χ3v) is 6.39. The zero-order chi connectivity index (χ0) is 22.6. The van der Waals surface area contributed by atoms with Crippen molar-refractivity contribution < 1.29 is 13.9 Å². The van der Waals surface area contributed by atoms with Crippen LogP contribution in [-0.4, -0.2) is 29.1 Å². The van der Waals surface area contributed by atoms with Gasteiger partial charge in [0.2, 0.25) is 0 Å². The summed E-state index contributed by atoms with van der Waals surface area (Å²) in [6.45, 7) is 12.4. The Hall–Kier alpha value is -2.34. The Bertz CT molecular complexity index is 1070. The summed E-state index contributed by atoms with van der Waals surface area (Å²) in [7, 11) is 0. The lowest BCUT2D eigenvalue weighted by Gasteiger charge is -2.46. The van der Waals surface area contributed by atoms with E-state index < -0.39 is 6.10 Å². The number of amides is 1. The van der Waals surface area contributed by atoms with Crippen molar-refractivity contribution in [1.29, 1.82) is 0 Å². The molecule has 0 unspecified atom stereocenters. The molecule has 2 heterocycles. The highest BCUT2D eigenvalue weighted by Crippen LogP contribution is 2.35. The molecule has 0 bridgehead atoms. The molecule has 31 heavy (non-hydrogen) atoms. The highest BCUT2D eigenvalue weighted by Gasteiger charge is 2.38. The molecule has 1 atom stereocenters. The molecule has 1 aromatic carbocycles. The average molecular weight is 427 g/mol. The molecule has 0 spiro atoms. The fraction of sp³-hybridized carbons (Fsp3) is 0.600. The SMILES string of the molecule is Cc1cc(O[C@H](C)C(=O)NC2CC(C)(C)NC(C)(C)C2)c2c3c(c(=O)oc2c1)CCC3. The molecule has 1 saturated heterocycles. The van der Waals surface area contributed by atoms with Crippen molar-refractivity contribution in [2.45, 2.75) is 96.9 Å². The molecule has 0 saturated carbocycles. The minimum absolute atomic E-state index is 0.0470. The quantitative estimate of drug-likeness (QED) is 0.727. The molecule has 168 valence electrons. The average Bonchev–Trinajstić information content (AvgIpc) is 3.08. The van der Waals surface area contributed by atoms with Crippen LogP contribution in [0.5, 0.6) is 5.75 Å². The van der Waals surface area contributed by atoms with E-state index in [1.807, 2.05) is 19.1 Å². The van der Waals surface area contributed by atoms with E-state index in [4.69, 9.17) is 9.15 Å². The van der Waals surface area contributed by atoms with Gasteiger partial charge in [-0.1, -0.05) is 0 Å². The van der Waals surface area contributed by atoms with Gasteiger partial charge in [0.05, 0.1) is 5.39 Å². The van der Waals surface area contributed by atoms with E-state index in [1.54, 1.807) is 6.92 Å². The number of nitrogens with one attached hydrogen (secondary N) is 2. The summed E-state index contributed by atoms with van der Waals surface area (Å²) < 4.78 is 11.8. The molecular formula is C25H34N2O4. The van der Waals surface area contributed by atoms with Crippen molar-refractivity contribution in [2.75, 3.05) is 0 Å². The predicted molar refractivity (Wildman–Crippen MR) is 122 cm³/mol. The first-order valence-electron chi connectivity index (χ1n) is 11.3. The van der Waals surface area contributed by atoms with Crippen molar-refractivity contribution in [3.8, 4) is 5.75 Å². The fourth-order valence-electron chi connectivity index (χ4n) is 5.59. The van der Waals surface area contributed by atoms with Gasteiger partial charge in [0.15, 0.2) is 6.10 Å². The number of aryl methyl sites for hydroxylation is 2. The van der Waals surface area contributed by atoms with Gasteiger partial charge in [-0.2, -0.15) is 0 Å². The summed E-state index contributed by atoms with van der Waals surface area (Å²) in [5, 5.41) is 7.67. The number of fused-ring (bicyclic) bond motifs is 3. The molecule has 1 aliphatic heterocycles. The lowest BCUT2D eigenvalue weighted by Crippen LogP contribution is -2.62. The number of rotatable bonds is 4. The van der Waals surface area contributed by atoms with Crippen molar-refractivity contribution in [3.63, 3.8) is 0 Å². The Balaban J connectivity index is 1.57. The third kappa shape index (κ3) is 4.49. The van der Waals surface area contributed by atoms with Crippen LogP contribution in [0.15, 0.2) is 21.3 Å². The zero-order valence-electron chi connectivity index (χ0n) is 19.5. The van der Waals surface area contributed by atoms with Crippen LogP contribution in [0.25, 0.3) is 11.0 Å². The number of hydrogen-bond acceptors (Lipinski definition) is 5.